The van der Waals surface area contributed by atoms with E-state index in [0.717, 1.165) is 17.7 Å². The quantitative estimate of drug-likeness (QED) is 0.783. The fourth-order valence-electron chi connectivity index (χ4n) is 2.54. The van der Waals surface area contributed by atoms with Crippen molar-refractivity contribution < 1.29 is 4.74 Å². The Bertz CT molecular complexity index is 369. The third-order valence-electron chi connectivity index (χ3n) is 3.44. The van der Waals surface area contributed by atoms with Gasteiger partial charge in [-0.15, -0.1) is 0 Å². The lowest BCUT2D eigenvalue weighted by Crippen LogP contribution is -2.38. The van der Waals surface area contributed by atoms with Crippen LogP contribution in [0.4, 0.5) is 5.82 Å². The van der Waals surface area contributed by atoms with E-state index in [1.165, 1.54) is 32.1 Å². The smallest absolute Gasteiger partial charge is 0.233 e. The normalized spacial score (nSPS) is 16.6. The van der Waals surface area contributed by atoms with Gasteiger partial charge in [0.1, 0.15) is 0 Å². The molecule has 1 saturated carbocycles. The molecule has 5 heteroatoms. The molecule has 18 heavy (non-hydrogen) atoms. The fourth-order valence-corrected chi connectivity index (χ4v) is 2.93. The van der Waals surface area contributed by atoms with Crippen LogP contribution in [0, 0.1) is 0 Å². The van der Waals surface area contributed by atoms with Crippen LogP contribution in [0.25, 0.3) is 0 Å². The number of ether oxygens (including phenoxy) is 1. The lowest BCUT2D eigenvalue weighted by Gasteiger charge is -2.34. The second-order valence-corrected chi connectivity index (χ2v) is 5.39. The van der Waals surface area contributed by atoms with Crippen molar-refractivity contribution in [2.45, 2.75) is 38.1 Å². The van der Waals surface area contributed by atoms with Crippen LogP contribution >= 0.6 is 15.9 Å². The Kier molecular flexibility index (Phi) is 5.23. The summed E-state index contributed by atoms with van der Waals surface area (Å²) in [5.74, 6) is 1.52. The van der Waals surface area contributed by atoms with Crippen molar-refractivity contribution in [3.05, 3.63) is 12.4 Å². The molecule has 0 amide bonds. The molecular weight excluding hydrogens is 294 g/mol. The summed E-state index contributed by atoms with van der Waals surface area (Å²) in [6.07, 6.45) is 10.00. The maximum Gasteiger partial charge on any atom is 0.233 e. The largest absolute Gasteiger partial charge is 0.480 e. The van der Waals surface area contributed by atoms with Crippen LogP contribution in [0.15, 0.2) is 12.4 Å². The van der Waals surface area contributed by atoms with Crippen molar-refractivity contribution in [2.75, 3.05) is 23.9 Å². The van der Waals surface area contributed by atoms with Crippen molar-refractivity contribution in [1.29, 1.82) is 0 Å². The molecule has 1 aliphatic carbocycles. The number of anilines is 1. The summed E-state index contributed by atoms with van der Waals surface area (Å²) in [5, 5.41) is 0.947. The van der Waals surface area contributed by atoms with Gasteiger partial charge in [-0.2, -0.15) is 4.98 Å². The Labute approximate surface area is 117 Å². The Balaban J connectivity index is 2.16. The average molecular weight is 314 g/mol. The van der Waals surface area contributed by atoms with Crippen LogP contribution in [-0.4, -0.2) is 35.0 Å². The van der Waals surface area contributed by atoms with E-state index in [1.54, 1.807) is 13.3 Å². The van der Waals surface area contributed by atoms with Gasteiger partial charge < -0.3 is 9.64 Å². The first-order valence-corrected chi connectivity index (χ1v) is 7.66. The first-order chi connectivity index (χ1) is 8.85. The van der Waals surface area contributed by atoms with Gasteiger partial charge >= 0.3 is 0 Å². The molecule has 1 heterocycles. The predicted octanol–water partition coefficient (Wildman–Crippen LogP) is 3.02. The minimum absolute atomic E-state index is 0.586. The lowest BCUT2D eigenvalue weighted by atomic mass is 9.94. The number of aromatic nitrogens is 2. The summed E-state index contributed by atoms with van der Waals surface area (Å²) in [5.41, 5.74) is 0. The van der Waals surface area contributed by atoms with Gasteiger partial charge in [-0.05, 0) is 12.8 Å². The zero-order valence-corrected chi connectivity index (χ0v) is 12.4. The van der Waals surface area contributed by atoms with Crippen molar-refractivity contribution in [3.8, 4) is 5.88 Å². The number of alkyl halides is 1. The Morgan fingerprint density at radius 2 is 2.11 bits per heavy atom. The second kappa shape index (κ2) is 6.92. The first-order valence-electron chi connectivity index (χ1n) is 6.54. The van der Waals surface area contributed by atoms with Gasteiger partial charge in [0.25, 0.3) is 0 Å². The molecule has 1 aromatic rings. The van der Waals surface area contributed by atoms with E-state index in [0.29, 0.717) is 11.9 Å². The minimum Gasteiger partial charge on any atom is -0.480 e. The molecule has 0 bridgehead atoms. The van der Waals surface area contributed by atoms with E-state index in [1.807, 2.05) is 6.20 Å². The molecular formula is C13H20BrN3O. The van der Waals surface area contributed by atoms with Gasteiger partial charge in [0.2, 0.25) is 5.88 Å². The molecule has 0 N–H and O–H groups in total. The Morgan fingerprint density at radius 3 is 2.78 bits per heavy atom. The van der Waals surface area contributed by atoms with E-state index >= 15 is 0 Å². The summed E-state index contributed by atoms with van der Waals surface area (Å²) in [6.45, 7) is 0.965. The van der Waals surface area contributed by atoms with Gasteiger partial charge in [-0.3, -0.25) is 4.98 Å². The van der Waals surface area contributed by atoms with Gasteiger partial charge in [0, 0.05) is 17.9 Å². The molecule has 0 aromatic carbocycles. The Morgan fingerprint density at radius 1 is 1.33 bits per heavy atom. The molecule has 100 valence electrons. The maximum atomic E-state index is 5.16. The van der Waals surface area contributed by atoms with Crippen molar-refractivity contribution >= 4 is 21.7 Å². The zero-order valence-electron chi connectivity index (χ0n) is 10.8. The van der Waals surface area contributed by atoms with Crippen LogP contribution in [0.2, 0.25) is 0 Å². The van der Waals surface area contributed by atoms with Gasteiger partial charge in [0.15, 0.2) is 5.82 Å². The van der Waals surface area contributed by atoms with Crippen molar-refractivity contribution in [3.63, 3.8) is 0 Å². The predicted molar refractivity (Wildman–Crippen MR) is 76.6 cm³/mol. The minimum atomic E-state index is 0.586. The molecule has 1 aliphatic rings. The number of rotatable bonds is 5. The molecule has 1 fully saturated rings. The fraction of sp³-hybridized carbons (Fsp3) is 0.692. The monoisotopic (exact) mass is 313 g/mol. The van der Waals surface area contributed by atoms with Crippen LogP contribution in [0.3, 0.4) is 0 Å². The molecule has 0 atom stereocenters. The van der Waals surface area contributed by atoms with Gasteiger partial charge in [0.05, 0.1) is 19.5 Å². The molecule has 0 saturated heterocycles. The van der Waals surface area contributed by atoms with Crippen molar-refractivity contribution in [2.24, 2.45) is 0 Å². The molecule has 2 rings (SSSR count). The number of hydrogen-bond acceptors (Lipinski definition) is 4. The van der Waals surface area contributed by atoms with E-state index in [-0.39, 0.29) is 0 Å². The van der Waals surface area contributed by atoms with Gasteiger partial charge in [-0.25, -0.2) is 0 Å². The van der Waals surface area contributed by atoms with Crippen LogP contribution < -0.4 is 9.64 Å². The van der Waals surface area contributed by atoms with E-state index in [2.05, 4.69) is 30.8 Å². The van der Waals surface area contributed by atoms with Gasteiger partial charge in [-0.1, -0.05) is 35.2 Å². The highest BCUT2D eigenvalue weighted by atomic mass is 79.9. The standard InChI is InChI=1S/C13H20BrN3O/c1-18-13-10-15-9-12(16-13)17(8-7-14)11-5-3-2-4-6-11/h9-11H,2-8H2,1H3. The summed E-state index contributed by atoms with van der Waals surface area (Å²) in [6, 6.07) is 0.595. The summed E-state index contributed by atoms with van der Waals surface area (Å²) in [7, 11) is 1.63. The van der Waals surface area contributed by atoms with Crippen LogP contribution in [0.1, 0.15) is 32.1 Å². The topological polar surface area (TPSA) is 38.2 Å². The summed E-state index contributed by atoms with van der Waals surface area (Å²) >= 11 is 3.53. The average Bonchev–Trinajstić information content (AvgIpc) is 2.46. The SMILES string of the molecule is COc1cncc(N(CCBr)C2CCCCC2)n1. The third kappa shape index (κ3) is 3.34. The Hall–Kier alpha value is -0.840. The lowest BCUT2D eigenvalue weighted by molar-refractivity contribution is 0.390. The second-order valence-electron chi connectivity index (χ2n) is 4.59. The van der Waals surface area contributed by atoms with Crippen molar-refractivity contribution in [1.82, 2.24) is 9.97 Å². The van der Waals surface area contributed by atoms with Crippen LogP contribution in [0.5, 0.6) is 5.88 Å². The van der Waals surface area contributed by atoms with E-state index < -0.39 is 0 Å². The highest BCUT2D eigenvalue weighted by Gasteiger charge is 2.22. The number of methoxy groups -OCH3 is 1. The number of hydrogen-bond donors (Lipinski definition) is 0. The molecule has 1 aromatic heterocycles. The summed E-state index contributed by atoms with van der Waals surface area (Å²) < 4.78 is 5.16. The highest BCUT2D eigenvalue weighted by molar-refractivity contribution is 9.09. The first kappa shape index (κ1) is 13.6. The molecule has 0 unspecified atom stereocenters. The molecule has 0 aliphatic heterocycles. The number of nitrogens with zero attached hydrogens (tertiary/aromatic N) is 3. The number of halogens is 1. The molecule has 0 radical (unpaired) electrons. The van der Waals surface area contributed by atoms with E-state index in [9.17, 15) is 0 Å². The van der Waals surface area contributed by atoms with E-state index in [4.69, 9.17) is 4.74 Å². The maximum absolute atomic E-state index is 5.16. The third-order valence-corrected chi connectivity index (χ3v) is 3.80. The molecule has 4 nitrogen and oxygen atoms in total. The summed E-state index contributed by atoms with van der Waals surface area (Å²) in [4.78, 5) is 11.1. The zero-order chi connectivity index (χ0) is 12.8. The molecule has 0 spiro atoms. The highest BCUT2D eigenvalue weighted by Crippen LogP contribution is 2.26. The van der Waals surface area contributed by atoms with Crippen LogP contribution in [-0.2, 0) is 0 Å².